The highest BCUT2D eigenvalue weighted by Crippen LogP contribution is 2.33. The van der Waals surface area contributed by atoms with Crippen molar-refractivity contribution in [2.24, 2.45) is 0 Å². The minimum Gasteiger partial charge on any atom is -0.344 e. The molecule has 0 aliphatic heterocycles. The lowest BCUT2D eigenvalue weighted by atomic mass is 10.1. The van der Waals surface area contributed by atoms with Crippen LogP contribution in [0.4, 0.5) is 0 Å². The maximum Gasteiger partial charge on any atom is 0.270 e. The molecule has 0 saturated carbocycles. The highest BCUT2D eigenvalue weighted by molar-refractivity contribution is 6.30. The van der Waals surface area contributed by atoms with Crippen molar-refractivity contribution in [3.8, 4) is 0 Å². The molecule has 0 spiro atoms. The van der Waals surface area contributed by atoms with Crippen LogP contribution in [-0.4, -0.2) is 15.3 Å². The van der Waals surface area contributed by atoms with E-state index in [1.807, 2.05) is 47.9 Å². The highest BCUT2D eigenvalue weighted by atomic mass is 35.5. The molecular weight excluding hydrogens is 310 g/mol. The van der Waals surface area contributed by atoms with E-state index in [9.17, 15) is 4.79 Å². The number of carbonyl (C=O) groups excluding carboxylic acids is 1. The van der Waals surface area contributed by atoms with Gasteiger partial charge in [0.15, 0.2) is 0 Å². The molecule has 1 atom stereocenters. The summed E-state index contributed by atoms with van der Waals surface area (Å²) >= 11 is 6.04. The summed E-state index contributed by atoms with van der Waals surface area (Å²) in [6.45, 7) is 2.00. The quantitative estimate of drug-likeness (QED) is 0.780. The second kappa shape index (κ2) is 5.39. The van der Waals surface area contributed by atoms with E-state index in [0.29, 0.717) is 5.69 Å². The summed E-state index contributed by atoms with van der Waals surface area (Å²) in [6, 6.07) is 9.81. The number of nitrogens with one attached hydrogen (secondary N) is 1. The van der Waals surface area contributed by atoms with E-state index in [-0.39, 0.29) is 11.9 Å². The van der Waals surface area contributed by atoms with Gasteiger partial charge in [0.05, 0.1) is 12.2 Å². The van der Waals surface area contributed by atoms with Gasteiger partial charge < -0.3 is 5.32 Å². The van der Waals surface area contributed by atoms with Crippen LogP contribution in [0.2, 0.25) is 5.02 Å². The second-order valence-corrected chi connectivity index (χ2v) is 6.42. The van der Waals surface area contributed by atoms with Crippen LogP contribution in [0.25, 0.3) is 5.65 Å². The molecular formula is C18H16ClN3O. The van der Waals surface area contributed by atoms with Crippen molar-refractivity contribution in [2.45, 2.75) is 25.8 Å². The summed E-state index contributed by atoms with van der Waals surface area (Å²) in [5.74, 6) is -0.101. The fourth-order valence-electron chi connectivity index (χ4n) is 3.22. The Bertz CT molecular complexity index is 916. The predicted octanol–water partition coefficient (Wildman–Crippen LogP) is 3.71. The van der Waals surface area contributed by atoms with E-state index in [4.69, 9.17) is 11.6 Å². The summed E-state index contributed by atoms with van der Waals surface area (Å²) < 4.78 is 1.84. The van der Waals surface area contributed by atoms with E-state index >= 15 is 0 Å². The number of pyridine rings is 1. The molecule has 0 unspecified atom stereocenters. The van der Waals surface area contributed by atoms with Crippen LogP contribution in [0.5, 0.6) is 0 Å². The Hall–Kier alpha value is -2.33. The fraction of sp³-hybridized carbons (Fsp3) is 0.222. The molecule has 2 aromatic heterocycles. The lowest BCUT2D eigenvalue weighted by Gasteiger charge is -2.14. The van der Waals surface area contributed by atoms with Gasteiger partial charge in [-0.25, -0.2) is 4.98 Å². The molecule has 116 valence electrons. The number of fused-ring (bicyclic) bond motifs is 2. The number of rotatable bonds is 2. The first-order valence-corrected chi connectivity index (χ1v) is 8.02. The Balaban J connectivity index is 1.62. The zero-order valence-corrected chi connectivity index (χ0v) is 13.5. The van der Waals surface area contributed by atoms with Gasteiger partial charge in [0, 0.05) is 11.2 Å². The average Bonchev–Trinajstić information content (AvgIpc) is 3.11. The van der Waals surface area contributed by atoms with E-state index in [2.05, 4.69) is 10.3 Å². The molecule has 0 bridgehead atoms. The first-order chi connectivity index (χ1) is 11.1. The number of aryl methyl sites for hydroxylation is 2. The van der Waals surface area contributed by atoms with Crippen molar-refractivity contribution in [3.63, 3.8) is 0 Å². The molecule has 5 heteroatoms. The van der Waals surface area contributed by atoms with E-state index in [0.717, 1.165) is 34.6 Å². The number of hydrogen-bond acceptors (Lipinski definition) is 2. The van der Waals surface area contributed by atoms with Crippen molar-refractivity contribution in [3.05, 3.63) is 70.1 Å². The van der Waals surface area contributed by atoms with Crippen LogP contribution in [0.1, 0.15) is 39.6 Å². The van der Waals surface area contributed by atoms with Gasteiger partial charge in [-0.2, -0.15) is 0 Å². The molecule has 4 nitrogen and oxygen atoms in total. The monoisotopic (exact) mass is 325 g/mol. The number of benzene rings is 1. The van der Waals surface area contributed by atoms with Gasteiger partial charge >= 0.3 is 0 Å². The second-order valence-electron chi connectivity index (χ2n) is 5.99. The standard InChI is InChI=1S/C18H16ClN3O/c1-11-2-7-17-20-9-16(22(17)10-11)18(23)21-15-6-3-12-8-13(19)4-5-14(12)15/h2,4-5,7-10,15H,3,6H2,1H3,(H,21,23)/t15-/m1/s1. The molecule has 0 fully saturated rings. The Labute approximate surface area is 139 Å². The zero-order chi connectivity index (χ0) is 16.0. The third kappa shape index (κ3) is 2.49. The van der Waals surface area contributed by atoms with Crippen LogP contribution >= 0.6 is 11.6 Å². The number of halogens is 1. The summed E-state index contributed by atoms with van der Waals surface area (Å²) in [5, 5.41) is 3.87. The van der Waals surface area contributed by atoms with Gasteiger partial charge in [-0.3, -0.25) is 9.20 Å². The molecule has 4 rings (SSSR count). The Morgan fingerprint density at radius 3 is 3.09 bits per heavy atom. The smallest absolute Gasteiger partial charge is 0.270 e. The Morgan fingerprint density at radius 2 is 2.22 bits per heavy atom. The molecule has 1 aromatic carbocycles. The molecule has 1 aliphatic rings. The summed E-state index contributed by atoms with van der Waals surface area (Å²) in [5.41, 5.74) is 4.81. The normalized spacial score (nSPS) is 16.5. The molecule has 0 radical (unpaired) electrons. The third-order valence-corrected chi connectivity index (χ3v) is 4.61. The van der Waals surface area contributed by atoms with E-state index in [1.165, 1.54) is 5.56 Å². The number of imidazole rings is 1. The minimum atomic E-state index is -0.101. The van der Waals surface area contributed by atoms with Crippen LogP contribution in [0.3, 0.4) is 0 Å². The van der Waals surface area contributed by atoms with Crippen molar-refractivity contribution in [1.29, 1.82) is 0 Å². The summed E-state index contributed by atoms with van der Waals surface area (Å²) in [7, 11) is 0. The van der Waals surface area contributed by atoms with Crippen LogP contribution in [0, 0.1) is 6.92 Å². The maximum absolute atomic E-state index is 12.7. The van der Waals surface area contributed by atoms with E-state index < -0.39 is 0 Å². The lowest BCUT2D eigenvalue weighted by molar-refractivity contribution is 0.0931. The van der Waals surface area contributed by atoms with Crippen LogP contribution in [0.15, 0.2) is 42.7 Å². The van der Waals surface area contributed by atoms with Crippen molar-refractivity contribution < 1.29 is 4.79 Å². The number of carbonyl (C=O) groups is 1. The van der Waals surface area contributed by atoms with Gasteiger partial charge in [0.2, 0.25) is 0 Å². The molecule has 23 heavy (non-hydrogen) atoms. The topological polar surface area (TPSA) is 46.4 Å². The minimum absolute atomic E-state index is 0.0325. The number of hydrogen-bond donors (Lipinski definition) is 1. The highest BCUT2D eigenvalue weighted by Gasteiger charge is 2.25. The van der Waals surface area contributed by atoms with E-state index in [1.54, 1.807) is 6.20 Å². The molecule has 2 heterocycles. The molecule has 3 aromatic rings. The molecule has 1 N–H and O–H groups in total. The largest absolute Gasteiger partial charge is 0.344 e. The zero-order valence-electron chi connectivity index (χ0n) is 12.7. The van der Waals surface area contributed by atoms with Gasteiger partial charge in [-0.05, 0) is 54.7 Å². The van der Waals surface area contributed by atoms with Gasteiger partial charge in [-0.15, -0.1) is 0 Å². The first-order valence-electron chi connectivity index (χ1n) is 7.65. The Kier molecular flexibility index (Phi) is 3.34. The van der Waals surface area contributed by atoms with Crippen LogP contribution < -0.4 is 5.32 Å². The molecule has 1 aliphatic carbocycles. The van der Waals surface area contributed by atoms with Crippen LogP contribution in [-0.2, 0) is 6.42 Å². The van der Waals surface area contributed by atoms with Crippen molar-refractivity contribution in [2.75, 3.05) is 0 Å². The first kappa shape index (κ1) is 14.3. The third-order valence-electron chi connectivity index (χ3n) is 4.37. The SMILES string of the molecule is Cc1ccc2ncc(C(=O)N[C@@H]3CCc4cc(Cl)ccc43)n2c1. The van der Waals surface area contributed by atoms with Crippen molar-refractivity contribution >= 4 is 23.2 Å². The number of aromatic nitrogens is 2. The summed E-state index contributed by atoms with van der Waals surface area (Å²) in [6.07, 6.45) is 5.39. The van der Waals surface area contributed by atoms with Crippen molar-refractivity contribution in [1.82, 2.24) is 14.7 Å². The average molecular weight is 326 g/mol. The van der Waals surface area contributed by atoms with Gasteiger partial charge in [-0.1, -0.05) is 23.7 Å². The predicted molar refractivity (Wildman–Crippen MR) is 89.9 cm³/mol. The maximum atomic E-state index is 12.7. The van der Waals surface area contributed by atoms with Gasteiger partial charge in [0.25, 0.3) is 5.91 Å². The molecule has 0 saturated heterocycles. The lowest BCUT2D eigenvalue weighted by Crippen LogP contribution is -2.28. The fourth-order valence-corrected chi connectivity index (χ4v) is 3.42. The molecule has 1 amide bonds. The Morgan fingerprint density at radius 1 is 1.35 bits per heavy atom. The summed E-state index contributed by atoms with van der Waals surface area (Å²) in [4.78, 5) is 17.0. The number of amides is 1. The number of nitrogens with zero attached hydrogens (tertiary/aromatic N) is 2. The van der Waals surface area contributed by atoms with Gasteiger partial charge in [0.1, 0.15) is 11.3 Å².